The fraction of sp³-hybridized carbons (Fsp3) is 0.176. The number of nitrogens with one attached hydrogen (secondary N) is 1. The van der Waals surface area contributed by atoms with Gasteiger partial charge in [0.1, 0.15) is 11.5 Å². The van der Waals surface area contributed by atoms with Crippen molar-refractivity contribution < 1.29 is 4.74 Å². The van der Waals surface area contributed by atoms with E-state index < -0.39 is 0 Å². The minimum absolute atomic E-state index is 0.0870. The predicted molar refractivity (Wildman–Crippen MR) is 166 cm³/mol. The van der Waals surface area contributed by atoms with Crippen LogP contribution in [0, 0.1) is 27.7 Å². The number of pyridine rings is 1. The van der Waals surface area contributed by atoms with Gasteiger partial charge in [-0.1, -0.05) is 35.9 Å². The molecule has 0 saturated carbocycles. The minimum atomic E-state index is -0.108. The number of aromatic nitrogens is 2. The highest BCUT2D eigenvalue weighted by molar-refractivity contribution is 7.80. The monoisotopic (exact) mass is 544 g/mol. The molecule has 0 bridgehead atoms. The number of nitrogens with zero attached hydrogens (tertiary/aromatic N) is 3. The van der Waals surface area contributed by atoms with Gasteiger partial charge in [-0.2, -0.15) is 0 Å². The summed E-state index contributed by atoms with van der Waals surface area (Å²) < 4.78 is 8.43. The molecule has 1 aliphatic rings. The maximum absolute atomic E-state index is 6.10. The van der Waals surface area contributed by atoms with Crippen LogP contribution in [0.25, 0.3) is 5.69 Å². The second-order valence-electron chi connectivity index (χ2n) is 10.4. The standard InChI is InChI=1S/C34H32N4OS/c1-22-11-15-28(16-12-22)39-29-17-13-26(14-18-29)38-33(32(36-34(38)40)31-10-5-6-19-35-31)30-21-24(3)37(25(30)4)27-9-7-8-23(2)20-27/h5-21,32-33H,1-4H3,(H,36,40). The lowest BCUT2D eigenvalue weighted by atomic mass is 9.96. The molecule has 3 heterocycles. The van der Waals surface area contributed by atoms with Crippen LogP contribution in [0.4, 0.5) is 5.69 Å². The first-order valence-corrected chi connectivity index (χ1v) is 13.9. The van der Waals surface area contributed by atoms with Crippen molar-refractivity contribution in [2.45, 2.75) is 39.8 Å². The van der Waals surface area contributed by atoms with Crippen LogP contribution in [0.1, 0.15) is 45.9 Å². The van der Waals surface area contributed by atoms with Gasteiger partial charge in [-0.25, -0.2) is 0 Å². The molecule has 0 aliphatic carbocycles. The van der Waals surface area contributed by atoms with Gasteiger partial charge in [-0.05, 0) is 118 Å². The van der Waals surface area contributed by atoms with Gasteiger partial charge in [0.05, 0.1) is 17.8 Å². The molecular weight excluding hydrogens is 512 g/mol. The van der Waals surface area contributed by atoms with Crippen LogP contribution in [0.2, 0.25) is 0 Å². The van der Waals surface area contributed by atoms with Crippen molar-refractivity contribution >= 4 is 23.0 Å². The van der Waals surface area contributed by atoms with E-state index in [-0.39, 0.29) is 12.1 Å². The van der Waals surface area contributed by atoms with E-state index in [1.165, 1.54) is 28.1 Å². The molecular formula is C34H32N4OS. The zero-order chi connectivity index (χ0) is 27.8. The Balaban J connectivity index is 1.41. The Labute approximate surface area is 241 Å². The summed E-state index contributed by atoms with van der Waals surface area (Å²) in [5.41, 5.74) is 9.12. The summed E-state index contributed by atoms with van der Waals surface area (Å²) in [5.74, 6) is 1.59. The molecule has 6 rings (SSSR count). The maximum Gasteiger partial charge on any atom is 0.174 e. The molecule has 6 heteroatoms. The highest BCUT2D eigenvalue weighted by Gasteiger charge is 2.42. The van der Waals surface area contributed by atoms with Gasteiger partial charge < -0.3 is 19.5 Å². The van der Waals surface area contributed by atoms with E-state index in [0.29, 0.717) is 5.11 Å². The molecule has 200 valence electrons. The average Bonchev–Trinajstić information content (AvgIpc) is 3.45. The number of hydrogen-bond donors (Lipinski definition) is 1. The molecule has 3 aromatic carbocycles. The largest absolute Gasteiger partial charge is 0.457 e. The summed E-state index contributed by atoms with van der Waals surface area (Å²) in [4.78, 5) is 6.93. The van der Waals surface area contributed by atoms with E-state index in [4.69, 9.17) is 21.9 Å². The van der Waals surface area contributed by atoms with Gasteiger partial charge in [0.25, 0.3) is 0 Å². The molecule has 1 aliphatic heterocycles. The SMILES string of the molecule is Cc1ccc(Oc2ccc(N3C(=S)NC(c4ccccn4)C3c3cc(C)n(-c4cccc(C)c4)c3C)cc2)cc1. The highest BCUT2D eigenvalue weighted by Crippen LogP contribution is 2.44. The first kappa shape index (κ1) is 25.8. The molecule has 5 aromatic rings. The van der Waals surface area contributed by atoms with Crippen molar-refractivity contribution in [2.75, 3.05) is 4.90 Å². The first-order valence-electron chi connectivity index (χ1n) is 13.5. The van der Waals surface area contributed by atoms with Crippen molar-refractivity contribution in [1.29, 1.82) is 0 Å². The third-order valence-electron chi connectivity index (χ3n) is 7.52. The second kappa shape index (κ2) is 10.6. The van der Waals surface area contributed by atoms with E-state index in [2.05, 4.69) is 91.0 Å². The lowest BCUT2D eigenvalue weighted by molar-refractivity contribution is 0.482. The molecule has 2 unspecified atom stereocenters. The summed E-state index contributed by atoms with van der Waals surface area (Å²) in [5, 5.41) is 4.26. The Bertz CT molecular complexity index is 1660. The number of thiocarbonyl (C=S) groups is 1. The Morgan fingerprint density at radius 3 is 2.15 bits per heavy atom. The van der Waals surface area contributed by atoms with Gasteiger partial charge in [-0.15, -0.1) is 0 Å². The van der Waals surface area contributed by atoms with E-state index >= 15 is 0 Å². The molecule has 0 amide bonds. The second-order valence-corrected chi connectivity index (χ2v) is 10.8. The van der Waals surface area contributed by atoms with Gasteiger partial charge in [-0.3, -0.25) is 4.98 Å². The summed E-state index contributed by atoms with van der Waals surface area (Å²) >= 11 is 5.97. The van der Waals surface area contributed by atoms with Crippen molar-refractivity contribution in [2.24, 2.45) is 0 Å². The molecule has 0 radical (unpaired) electrons. The Kier molecular flexibility index (Phi) is 6.86. The van der Waals surface area contributed by atoms with Crippen LogP contribution in [0.5, 0.6) is 11.5 Å². The van der Waals surface area contributed by atoms with Crippen LogP contribution in [0.15, 0.2) is 103 Å². The minimum Gasteiger partial charge on any atom is -0.457 e. The zero-order valence-electron chi connectivity index (χ0n) is 23.1. The van der Waals surface area contributed by atoms with E-state index in [9.17, 15) is 0 Å². The number of benzene rings is 3. The molecule has 40 heavy (non-hydrogen) atoms. The van der Waals surface area contributed by atoms with E-state index in [1.54, 1.807) is 0 Å². The van der Waals surface area contributed by atoms with Crippen LogP contribution in [0.3, 0.4) is 0 Å². The summed E-state index contributed by atoms with van der Waals surface area (Å²) in [6, 6.07) is 33.0. The van der Waals surface area contributed by atoms with Gasteiger partial charge >= 0.3 is 0 Å². The fourth-order valence-electron chi connectivity index (χ4n) is 5.62. The molecule has 1 saturated heterocycles. The van der Waals surface area contributed by atoms with Crippen LogP contribution < -0.4 is 15.0 Å². The van der Waals surface area contributed by atoms with Crippen molar-refractivity contribution in [3.63, 3.8) is 0 Å². The molecule has 5 nitrogen and oxygen atoms in total. The lowest BCUT2D eigenvalue weighted by Crippen LogP contribution is -2.29. The molecule has 0 spiro atoms. The fourth-order valence-corrected chi connectivity index (χ4v) is 5.96. The van der Waals surface area contributed by atoms with Crippen molar-refractivity contribution in [3.8, 4) is 17.2 Å². The maximum atomic E-state index is 6.10. The van der Waals surface area contributed by atoms with E-state index in [1.807, 2.05) is 54.7 Å². The molecule has 1 fully saturated rings. The topological polar surface area (TPSA) is 42.3 Å². The quantitative estimate of drug-likeness (QED) is 0.219. The lowest BCUT2D eigenvalue weighted by Gasteiger charge is -2.28. The van der Waals surface area contributed by atoms with Gasteiger partial charge in [0.15, 0.2) is 5.11 Å². The normalized spacial score (nSPS) is 16.7. The van der Waals surface area contributed by atoms with Crippen molar-refractivity contribution in [3.05, 3.63) is 137 Å². The number of hydrogen-bond acceptors (Lipinski definition) is 3. The Hall–Kier alpha value is -4.42. The summed E-state index contributed by atoms with van der Waals surface area (Å²) in [6.07, 6.45) is 1.84. The summed E-state index contributed by atoms with van der Waals surface area (Å²) in [7, 11) is 0. The number of anilines is 1. The Morgan fingerprint density at radius 2 is 1.48 bits per heavy atom. The van der Waals surface area contributed by atoms with Crippen LogP contribution >= 0.6 is 12.2 Å². The third kappa shape index (κ3) is 4.87. The van der Waals surface area contributed by atoms with Gasteiger partial charge in [0.2, 0.25) is 0 Å². The third-order valence-corrected chi connectivity index (χ3v) is 7.83. The number of aryl methyl sites for hydroxylation is 3. The molecule has 2 aromatic heterocycles. The summed E-state index contributed by atoms with van der Waals surface area (Å²) in [6.45, 7) is 8.55. The predicted octanol–water partition coefficient (Wildman–Crippen LogP) is 8.08. The zero-order valence-corrected chi connectivity index (χ0v) is 23.9. The average molecular weight is 545 g/mol. The number of ether oxygens (including phenoxy) is 1. The smallest absolute Gasteiger partial charge is 0.174 e. The molecule has 2 atom stereocenters. The Morgan fingerprint density at radius 1 is 0.750 bits per heavy atom. The van der Waals surface area contributed by atoms with Crippen LogP contribution in [-0.4, -0.2) is 14.7 Å². The number of rotatable bonds is 6. The van der Waals surface area contributed by atoms with E-state index in [0.717, 1.165) is 28.6 Å². The van der Waals surface area contributed by atoms with Gasteiger partial charge in [0, 0.05) is 29.0 Å². The van der Waals surface area contributed by atoms with Crippen LogP contribution in [-0.2, 0) is 0 Å². The highest BCUT2D eigenvalue weighted by atomic mass is 32.1. The van der Waals surface area contributed by atoms with Crippen molar-refractivity contribution in [1.82, 2.24) is 14.9 Å². The first-order chi connectivity index (χ1) is 19.4. The molecule has 1 N–H and O–H groups in total.